The van der Waals surface area contributed by atoms with Crippen molar-refractivity contribution in [2.45, 2.75) is 13.3 Å². The van der Waals surface area contributed by atoms with Gasteiger partial charge in [-0.1, -0.05) is 19.1 Å². The Morgan fingerprint density at radius 1 is 1.14 bits per heavy atom. The Bertz CT molecular complexity index is 202. The molecular weight excluding hydrogens is 219 g/mol. The fourth-order valence-corrected chi connectivity index (χ4v) is 2.40. The maximum atomic E-state index is 5.37. The molecule has 0 saturated carbocycles. The average molecular weight is 236 g/mol. The van der Waals surface area contributed by atoms with Crippen LogP contribution in [0.1, 0.15) is 13.3 Å². The Morgan fingerprint density at radius 3 is 2.00 bits per heavy atom. The first kappa shape index (κ1) is 14.0. The van der Waals surface area contributed by atoms with E-state index in [0.717, 1.165) is 6.42 Å². The van der Waals surface area contributed by atoms with Crippen molar-refractivity contribution in [3.8, 4) is 0 Å². The maximum absolute atomic E-state index is 5.37. The standard InChI is InChI=1S/C9H17O3PS/c1-4-7-10-13(14,11-8-5-2)12-9-6-3/h4-5H,1-2,6-9H2,3H3. The minimum Gasteiger partial charge on any atom is -0.309 e. The lowest BCUT2D eigenvalue weighted by Crippen LogP contribution is -2.01. The van der Waals surface area contributed by atoms with Gasteiger partial charge in [0.15, 0.2) is 0 Å². The second kappa shape index (κ2) is 8.33. The summed E-state index contributed by atoms with van der Waals surface area (Å²) in [6.07, 6.45) is 4.12. The van der Waals surface area contributed by atoms with E-state index in [4.69, 9.17) is 25.4 Å². The molecular formula is C9H17O3PS. The SMILES string of the molecule is C=CCOP(=S)(OCC=C)OCCC. The van der Waals surface area contributed by atoms with E-state index in [1.165, 1.54) is 0 Å². The van der Waals surface area contributed by atoms with Crippen molar-refractivity contribution < 1.29 is 13.6 Å². The molecule has 0 aliphatic heterocycles. The first-order valence-electron chi connectivity index (χ1n) is 4.44. The van der Waals surface area contributed by atoms with Gasteiger partial charge in [-0.15, -0.1) is 13.2 Å². The summed E-state index contributed by atoms with van der Waals surface area (Å²) in [5.41, 5.74) is 0. The molecule has 0 bridgehead atoms. The summed E-state index contributed by atoms with van der Waals surface area (Å²) in [4.78, 5) is 0. The van der Waals surface area contributed by atoms with Gasteiger partial charge >= 0.3 is 6.72 Å². The van der Waals surface area contributed by atoms with E-state index in [-0.39, 0.29) is 0 Å². The molecule has 0 aromatic heterocycles. The van der Waals surface area contributed by atoms with Crippen LogP contribution in [0.4, 0.5) is 0 Å². The molecule has 14 heavy (non-hydrogen) atoms. The van der Waals surface area contributed by atoms with Gasteiger partial charge in [-0.05, 0) is 18.2 Å². The molecule has 0 aliphatic rings. The van der Waals surface area contributed by atoms with Crippen molar-refractivity contribution in [3.63, 3.8) is 0 Å². The van der Waals surface area contributed by atoms with Crippen LogP contribution >= 0.6 is 6.72 Å². The van der Waals surface area contributed by atoms with Gasteiger partial charge in [0.2, 0.25) is 0 Å². The molecule has 0 aromatic carbocycles. The molecule has 0 rings (SSSR count). The van der Waals surface area contributed by atoms with Gasteiger partial charge in [0.1, 0.15) is 0 Å². The van der Waals surface area contributed by atoms with Gasteiger partial charge in [-0.2, -0.15) is 0 Å². The predicted octanol–water partition coefficient (Wildman–Crippen LogP) is 3.04. The summed E-state index contributed by atoms with van der Waals surface area (Å²) in [6.45, 7) is 7.74. The van der Waals surface area contributed by atoms with E-state index in [9.17, 15) is 0 Å². The van der Waals surface area contributed by atoms with Crippen molar-refractivity contribution in [1.82, 2.24) is 0 Å². The second-order valence-corrected chi connectivity index (χ2v) is 5.46. The lowest BCUT2D eigenvalue weighted by atomic mass is 10.5. The van der Waals surface area contributed by atoms with Gasteiger partial charge in [0, 0.05) is 0 Å². The first-order valence-corrected chi connectivity index (χ1v) is 6.99. The highest BCUT2D eigenvalue weighted by atomic mass is 32.5. The lowest BCUT2D eigenvalue weighted by molar-refractivity contribution is 0.178. The molecule has 0 unspecified atom stereocenters. The molecule has 3 nitrogen and oxygen atoms in total. The van der Waals surface area contributed by atoms with Gasteiger partial charge < -0.3 is 13.6 Å². The summed E-state index contributed by atoms with van der Waals surface area (Å²) in [6, 6.07) is 0. The fraction of sp³-hybridized carbons (Fsp3) is 0.556. The Labute approximate surface area is 91.0 Å². The fourth-order valence-electron chi connectivity index (χ4n) is 0.603. The maximum Gasteiger partial charge on any atom is 0.327 e. The van der Waals surface area contributed by atoms with Crippen molar-refractivity contribution >= 4 is 18.5 Å². The molecule has 5 heteroatoms. The zero-order valence-electron chi connectivity index (χ0n) is 8.48. The lowest BCUT2D eigenvalue weighted by Gasteiger charge is -2.19. The van der Waals surface area contributed by atoms with E-state index in [1.807, 2.05) is 6.92 Å². The van der Waals surface area contributed by atoms with Gasteiger partial charge in [-0.3, -0.25) is 0 Å². The average Bonchev–Trinajstić information content (AvgIpc) is 2.21. The molecule has 0 aromatic rings. The Morgan fingerprint density at radius 2 is 1.64 bits per heavy atom. The van der Waals surface area contributed by atoms with E-state index in [1.54, 1.807) is 12.2 Å². The molecule has 0 saturated heterocycles. The van der Waals surface area contributed by atoms with Crippen LogP contribution in [-0.4, -0.2) is 19.8 Å². The van der Waals surface area contributed by atoms with Crippen LogP contribution in [0.3, 0.4) is 0 Å². The zero-order valence-corrected chi connectivity index (χ0v) is 10.2. The molecule has 0 spiro atoms. The summed E-state index contributed by atoms with van der Waals surface area (Å²) in [5, 5.41) is 0. The Kier molecular flexibility index (Phi) is 8.34. The zero-order chi connectivity index (χ0) is 10.9. The molecule has 0 N–H and O–H groups in total. The van der Waals surface area contributed by atoms with Crippen LogP contribution in [0.15, 0.2) is 25.3 Å². The summed E-state index contributed by atoms with van der Waals surface area (Å²) in [5.74, 6) is 0. The molecule has 0 aliphatic carbocycles. The summed E-state index contributed by atoms with van der Waals surface area (Å²) >= 11 is 5.15. The summed E-state index contributed by atoms with van der Waals surface area (Å²) in [7, 11) is 0. The molecule has 0 amide bonds. The van der Waals surface area contributed by atoms with Crippen molar-refractivity contribution in [2.75, 3.05) is 19.8 Å². The van der Waals surface area contributed by atoms with Crippen LogP contribution in [0.5, 0.6) is 0 Å². The summed E-state index contributed by atoms with van der Waals surface area (Å²) < 4.78 is 16.0. The van der Waals surface area contributed by atoms with Crippen molar-refractivity contribution in [1.29, 1.82) is 0 Å². The third kappa shape index (κ3) is 6.46. The Balaban J connectivity index is 4.09. The minimum absolute atomic E-state index is 0.345. The highest BCUT2D eigenvalue weighted by molar-refractivity contribution is 8.07. The molecule has 0 fully saturated rings. The van der Waals surface area contributed by atoms with E-state index >= 15 is 0 Å². The topological polar surface area (TPSA) is 27.7 Å². The second-order valence-electron chi connectivity index (χ2n) is 2.45. The molecule has 82 valence electrons. The van der Waals surface area contributed by atoms with E-state index in [0.29, 0.717) is 19.8 Å². The molecule has 0 atom stereocenters. The quantitative estimate of drug-likeness (QED) is 0.454. The largest absolute Gasteiger partial charge is 0.327 e. The Hall–Kier alpha value is 0.01000. The van der Waals surface area contributed by atoms with E-state index < -0.39 is 6.72 Å². The number of hydrogen-bond donors (Lipinski definition) is 0. The minimum atomic E-state index is -2.58. The van der Waals surface area contributed by atoms with Gasteiger partial charge in [0.25, 0.3) is 0 Å². The first-order chi connectivity index (χ1) is 6.68. The van der Waals surface area contributed by atoms with Crippen molar-refractivity contribution in [2.24, 2.45) is 0 Å². The van der Waals surface area contributed by atoms with Gasteiger partial charge in [-0.25, -0.2) is 0 Å². The van der Waals surface area contributed by atoms with E-state index in [2.05, 4.69) is 13.2 Å². The van der Waals surface area contributed by atoms with Crippen LogP contribution in [0.25, 0.3) is 0 Å². The highest BCUT2D eigenvalue weighted by Gasteiger charge is 2.18. The van der Waals surface area contributed by atoms with Gasteiger partial charge in [0.05, 0.1) is 19.8 Å². The smallest absolute Gasteiger partial charge is 0.309 e. The highest BCUT2D eigenvalue weighted by Crippen LogP contribution is 2.49. The van der Waals surface area contributed by atoms with Crippen LogP contribution < -0.4 is 0 Å². The van der Waals surface area contributed by atoms with Crippen LogP contribution in [0.2, 0.25) is 0 Å². The molecule has 0 radical (unpaired) electrons. The van der Waals surface area contributed by atoms with Crippen molar-refractivity contribution in [3.05, 3.63) is 25.3 Å². The predicted molar refractivity (Wildman–Crippen MR) is 62.8 cm³/mol. The van der Waals surface area contributed by atoms with Crippen LogP contribution in [-0.2, 0) is 25.4 Å². The third-order valence-electron chi connectivity index (χ3n) is 1.15. The third-order valence-corrected chi connectivity index (χ3v) is 3.53. The number of rotatable bonds is 9. The number of hydrogen-bond acceptors (Lipinski definition) is 4. The van der Waals surface area contributed by atoms with Crippen LogP contribution in [0, 0.1) is 0 Å². The normalized spacial score (nSPS) is 11.2. The molecule has 0 heterocycles. The monoisotopic (exact) mass is 236 g/mol.